The lowest BCUT2D eigenvalue weighted by molar-refractivity contribution is 0.386. The topological polar surface area (TPSA) is 24.1 Å². The van der Waals surface area contributed by atoms with Crippen molar-refractivity contribution in [1.29, 1.82) is 0 Å². The minimum absolute atomic E-state index is 0.275. The van der Waals surface area contributed by atoms with Crippen LogP contribution in [-0.4, -0.2) is 18.6 Å². The Labute approximate surface area is 105 Å². The molecule has 2 nitrogen and oxygen atoms in total. The zero-order chi connectivity index (χ0) is 12.3. The van der Waals surface area contributed by atoms with E-state index in [1.807, 2.05) is 0 Å². The van der Waals surface area contributed by atoms with Crippen LogP contribution in [0.3, 0.4) is 0 Å². The van der Waals surface area contributed by atoms with Crippen LogP contribution in [0.1, 0.15) is 44.2 Å². The quantitative estimate of drug-likeness (QED) is 0.834. The first-order valence-electron chi connectivity index (χ1n) is 6.64. The van der Waals surface area contributed by atoms with Crippen LogP contribution in [0.15, 0.2) is 24.3 Å². The molecule has 0 radical (unpaired) electrons. The second-order valence-electron chi connectivity index (χ2n) is 5.74. The van der Waals surface area contributed by atoms with Crippen molar-refractivity contribution >= 4 is 0 Å². The predicted molar refractivity (Wildman–Crippen MR) is 73.3 cm³/mol. The molecule has 0 aromatic heterocycles. The van der Waals surface area contributed by atoms with Crippen molar-refractivity contribution in [3.63, 3.8) is 0 Å². The first kappa shape index (κ1) is 12.6. The van der Waals surface area contributed by atoms with Gasteiger partial charge in [-0.3, -0.25) is 0 Å². The zero-order valence-corrected chi connectivity index (χ0v) is 11.2. The second-order valence-corrected chi connectivity index (χ2v) is 5.74. The van der Waals surface area contributed by atoms with Crippen LogP contribution in [0.4, 0.5) is 0 Å². The highest BCUT2D eigenvalue weighted by atomic mass is 15.1. The van der Waals surface area contributed by atoms with Crippen LogP contribution >= 0.6 is 0 Å². The van der Waals surface area contributed by atoms with Gasteiger partial charge < -0.3 is 10.6 Å². The first-order chi connectivity index (χ1) is 8.09. The van der Waals surface area contributed by atoms with Gasteiger partial charge in [-0.1, -0.05) is 38.1 Å². The molecule has 0 spiro atoms. The maximum atomic E-state index is 3.66. The lowest BCUT2D eigenvalue weighted by Crippen LogP contribution is -2.43. The number of benzene rings is 1. The van der Waals surface area contributed by atoms with E-state index in [9.17, 15) is 0 Å². The highest BCUT2D eigenvalue weighted by Crippen LogP contribution is 2.17. The minimum Gasteiger partial charge on any atom is -0.315 e. The van der Waals surface area contributed by atoms with Gasteiger partial charge in [0.05, 0.1) is 0 Å². The SMILES string of the molecule is CC(C)c1ccc(CNC2(C)CCNC2)cc1. The summed E-state index contributed by atoms with van der Waals surface area (Å²) in [6.45, 7) is 9.95. The van der Waals surface area contributed by atoms with Gasteiger partial charge in [0, 0.05) is 18.6 Å². The van der Waals surface area contributed by atoms with E-state index in [0.717, 1.165) is 19.6 Å². The van der Waals surface area contributed by atoms with Gasteiger partial charge >= 0.3 is 0 Å². The maximum Gasteiger partial charge on any atom is 0.0293 e. The van der Waals surface area contributed by atoms with Crippen molar-refractivity contribution in [2.75, 3.05) is 13.1 Å². The lowest BCUT2D eigenvalue weighted by atomic mass is 9.99. The van der Waals surface area contributed by atoms with Crippen molar-refractivity contribution in [2.45, 2.75) is 45.2 Å². The Morgan fingerprint density at radius 1 is 1.29 bits per heavy atom. The van der Waals surface area contributed by atoms with E-state index in [-0.39, 0.29) is 5.54 Å². The van der Waals surface area contributed by atoms with E-state index in [0.29, 0.717) is 5.92 Å². The maximum absolute atomic E-state index is 3.66. The first-order valence-corrected chi connectivity index (χ1v) is 6.64. The third-order valence-electron chi connectivity index (χ3n) is 3.73. The molecule has 0 saturated carbocycles. The Kier molecular flexibility index (Phi) is 3.85. The highest BCUT2D eigenvalue weighted by molar-refractivity contribution is 5.24. The van der Waals surface area contributed by atoms with Gasteiger partial charge in [0.1, 0.15) is 0 Å². The summed E-state index contributed by atoms with van der Waals surface area (Å²) in [6.07, 6.45) is 1.22. The summed E-state index contributed by atoms with van der Waals surface area (Å²) in [4.78, 5) is 0. The molecule has 2 heteroatoms. The molecular formula is C15H24N2. The monoisotopic (exact) mass is 232 g/mol. The number of hydrogen-bond acceptors (Lipinski definition) is 2. The molecule has 0 bridgehead atoms. The molecule has 2 N–H and O–H groups in total. The molecule has 1 fully saturated rings. The predicted octanol–water partition coefficient (Wildman–Crippen LogP) is 2.65. The molecule has 1 unspecified atom stereocenters. The summed E-state index contributed by atoms with van der Waals surface area (Å²) >= 11 is 0. The molecule has 94 valence electrons. The van der Waals surface area contributed by atoms with Crippen molar-refractivity contribution in [3.8, 4) is 0 Å². The van der Waals surface area contributed by atoms with E-state index in [2.05, 4.69) is 55.7 Å². The Bertz CT molecular complexity index is 348. The van der Waals surface area contributed by atoms with Gasteiger partial charge in [-0.2, -0.15) is 0 Å². The number of hydrogen-bond donors (Lipinski definition) is 2. The summed E-state index contributed by atoms with van der Waals surface area (Å²) < 4.78 is 0. The number of rotatable bonds is 4. The largest absolute Gasteiger partial charge is 0.315 e. The molecule has 1 aromatic rings. The molecular weight excluding hydrogens is 208 g/mol. The van der Waals surface area contributed by atoms with Crippen LogP contribution < -0.4 is 10.6 Å². The van der Waals surface area contributed by atoms with E-state index < -0.39 is 0 Å². The van der Waals surface area contributed by atoms with E-state index in [1.165, 1.54) is 17.5 Å². The van der Waals surface area contributed by atoms with E-state index in [4.69, 9.17) is 0 Å². The third-order valence-corrected chi connectivity index (χ3v) is 3.73. The molecule has 1 aromatic carbocycles. The van der Waals surface area contributed by atoms with E-state index in [1.54, 1.807) is 0 Å². The standard InChI is InChI=1S/C15H24N2/c1-12(2)14-6-4-13(5-7-14)10-17-15(3)8-9-16-11-15/h4-7,12,16-17H,8-11H2,1-3H3. The molecule has 17 heavy (non-hydrogen) atoms. The Morgan fingerprint density at radius 2 is 2.00 bits per heavy atom. The van der Waals surface area contributed by atoms with Crippen molar-refractivity contribution in [1.82, 2.24) is 10.6 Å². The fourth-order valence-electron chi connectivity index (χ4n) is 2.30. The smallest absolute Gasteiger partial charge is 0.0293 e. The van der Waals surface area contributed by atoms with Crippen LogP contribution in [0.5, 0.6) is 0 Å². The summed E-state index contributed by atoms with van der Waals surface area (Å²) in [5.74, 6) is 0.619. The van der Waals surface area contributed by atoms with Crippen molar-refractivity contribution < 1.29 is 0 Å². The van der Waals surface area contributed by atoms with Crippen molar-refractivity contribution in [2.24, 2.45) is 0 Å². The Hall–Kier alpha value is -0.860. The van der Waals surface area contributed by atoms with Gasteiger partial charge in [0.15, 0.2) is 0 Å². The average Bonchev–Trinajstić information content (AvgIpc) is 2.75. The van der Waals surface area contributed by atoms with Gasteiger partial charge in [-0.05, 0) is 36.9 Å². The molecule has 1 aliphatic heterocycles. The molecule has 1 aliphatic rings. The van der Waals surface area contributed by atoms with E-state index >= 15 is 0 Å². The van der Waals surface area contributed by atoms with Crippen LogP contribution in [0, 0.1) is 0 Å². The highest BCUT2D eigenvalue weighted by Gasteiger charge is 2.27. The molecule has 2 rings (SSSR count). The van der Waals surface area contributed by atoms with Gasteiger partial charge in [-0.25, -0.2) is 0 Å². The molecule has 1 heterocycles. The van der Waals surface area contributed by atoms with Crippen LogP contribution in [0.25, 0.3) is 0 Å². The second kappa shape index (κ2) is 5.19. The molecule has 1 saturated heterocycles. The molecule has 0 amide bonds. The fraction of sp³-hybridized carbons (Fsp3) is 0.600. The Morgan fingerprint density at radius 3 is 2.53 bits per heavy atom. The van der Waals surface area contributed by atoms with Crippen molar-refractivity contribution in [3.05, 3.63) is 35.4 Å². The van der Waals surface area contributed by atoms with Gasteiger partial charge in [0.2, 0.25) is 0 Å². The third kappa shape index (κ3) is 3.30. The summed E-state index contributed by atoms with van der Waals surface area (Å²) in [5.41, 5.74) is 3.07. The number of nitrogens with one attached hydrogen (secondary N) is 2. The summed E-state index contributed by atoms with van der Waals surface area (Å²) in [5, 5.41) is 7.07. The Balaban J connectivity index is 1.90. The summed E-state index contributed by atoms with van der Waals surface area (Å²) in [7, 11) is 0. The molecule has 0 aliphatic carbocycles. The summed E-state index contributed by atoms with van der Waals surface area (Å²) in [6, 6.07) is 8.98. The minimum atomic E-state index is 0.275. The lowest BCUT2D eigenvalue weighted by Gasteiger charge is -2.24. The molecule has 1 atom stereocenters. The van der Waals surface area contributed by atoms with Gasteiger partial charge in [0.25, 0.3) is 0 Å². The normalized spacial score (nSPS) is 24.5. The van der Waals surface area contributed by atoms with Crippen LogP contribution in [0.2, 0.25) is 0 Å². The average molecular weight is 232 g/mol. The van der Waals surface area contributed by atoms with Gasteiger partial charge in [-0.15, -0.1) is 0 Å². The zero-order valence-electron chi connectivity index (χ0n) is 11.2. The van der Waals surface area contributed by atoms with Crippen LogP contribution in [-0.2, 0) is 6.54 Å². The fourth-order valence-corrected chi connectivity index (χ4v) is 2.30.